The molecule has 0 bridgehead atoms. The topological polar surface area (TPSA) is 133 Å². The van der Waals surface area contributed by atoms with Gasteiger partial charge in [0.05, 0.1) is 5.11 Å². The van der Waals surface area contributed by atoms with Crippen LogP contribution in [0.25, 0.3) is 0 Å². The van der Waals surface area contributed by atoms with E-state index in [-0.39, 0.29) is 22.9 Å². The molecular weight excluding hydrogens is 290 g/mol. The minimum Gasteiger partial charge on any atom is -0.506 e. The molecule has 0 spiro atoms. The minimum absolute atomic E-state index is 0.0691. The number of phenols is 2. The van der Waals surface area contributed by atoms with Gasteiger partial charge in [0.1, 0.15) is 22.9 Å². The van der Waals surface area contributed by atoms with E-state index < -0.39 is 10.9 Å². The molecule has 0 saturated heterocycles. The molecule has 3 N–H and O–H groups in total. The Kier molecular flexibility index (Phi) is 4.60. The molecule has 0 radical (unpaired) electrons. The van der Waals surface area contributed by atoms with Gasteiger partial charge in [0.2, 0.25) is 0 Å². The molecule has 0 aliphatic carbocycles. The molecule has 0 amide bonds. The highest BCUT2D eigenvalue weighted by molar-refractivity contribution is 5.73. The number of nitrogens with zero attached hydrogens (tertiary/aromatic N) is 4. The van der Waals surface area contributed by atoms with Crippen molar-refractivity contribution in [2.24, 2.45) is 15.3 Å². The number of rotatable bonds is 3. The van der Waals surface area contributed by atoms with Crippen LogP contribution in [-0.4, -0.2) is 21.1 Å². The van der Waals surface area contributed by atoms with Crippen molar-refractivity contribution >= 4 is 17.3 Å². The Morgan fingerprint density at radius 3 is 2.32 bits per heavy atom. The first kappa shape index (κ1) is 14.9. The van der Waals surface area contributed by atoms with Gasteiger partial charge in [-0.05, 0) is 29.2 Å². The second-order valence-electron chi connectivity index (χ2n) is 3.99. The first-order valence-electron chi connectivity index (χ1n) is 6.04. The van der Waals surface area contributed by atoms with Crippen LogP contribution in [-0.2, 0) is 0 Å². The summed E-state index contributed by atoms with van der Waals surface area (Å²) in [5, 5.41) is 40.3. The summed E-state index contributed by atoms with van der Waals surface area (Å²) < 4.78 is 0. The molecule has 2 aromatic carbocycles. The van der Waals surface area contributed by atoms with Gasteiger partial charge in [0.25, 0.3) is 0 Å². The van der Waals surface area contributed by atoms with E-state index in [4.69, 9.17) is 0 Å². The fourth-order valence-electron chi connectivity index (χ4n) is 1.43. The van der Waals surface area contributed by atoms with E-state index in [1.165, 1.54) is 24.3 Å². The van der Waals surface area contributed by atoms with Gasteiger partial charge in [0.15, 0.2) is 0 Å². The number of hydrogen-bond acceptors (Lipinski definition) is 7. The molecule has 2 aromatic rings. The number of guanidine groups is 1. The SMILES string of the molecule is O=[N+]([O-])/C(N=Nc1ccccc1O)=N/Nc1ccccc1O. The van der Waals surface area contributed by atoms with Gasteiger partial charge in [-0.3, -0.25) is 0 Å². The zero-order valence-corrected chi connectivity index (χ0v) is 11.1. The van der Waals surface area contributed by atoms with Gasteiger partial charge in [0, 0.05) is 5.10 Å². The highest BCUT2D eigenvalue weighted by atomic mass is 16.6. The number of phenolic OH excluding ortho intramolecular Hbond substituents is 2. The molecule has 0 aliphatic heterocycles. The van der Waals surface area contributed by atoms with Crippen LogP contribution in [0.2, 0.25) is 0 Å². The number of aromatic hydroxyl groups is 2. The van der Waals surface area contributed by atoms with Crippen LogP contribution in [0.5, 0.6) is 11.5 Å². The third kappa shape index (κ3) is 3.76. The predicted molar refractivity (Wildman–Crippen MR) is 78.8 cm³/mol. The molecule has 0 aromatic heterocycles. The highest BCUT2D eigenvalue weighted by Gasteiger charge is 2.13. The van der Waals surface area contributed by atoms with E-state index in [0.29, 0.717) is 0 Å². The van der Waals surface area contributed by atoms with Crippen molar-refractivity contribution in [3.05, 3.63) is 58.6 Å². The number of nitrogens with one attached hydrogen (secondary N) is 1. The Morgan fingerprint density at radius 2 is 1.68 bits per heavy atom. The highest BCUT2D eigenvalue weighted by Crippen LogP contribution is 2.25. The van der Waals surface area contributed by atoms with Gasteiger partial charge in [-0.25, -0.2) is 5.43 Å². The van der Waals surface area contributed by atoms with Gasteiger partial charge in [-0.15, -0.1) is 0 Å². The summed E-state index contributed by atoms with van der Waals surface area (Å²) in [5.74, 6) is -1.11. The van der Waals surface area contributed by atoms with E-state index in [9.17, 15) is 20.3 Å². The van der Waals surface area contributed by atoms with Gasteiger partial charge in [-0.2, -0.15) is 0 Å². The van der Waals surface area contributed by atoms with Gasteiger partial charge >= 0.3 is 5.96 Å². The van der Waals surface area contributed by atoms with Crippen LogP contribution in [0.15, 0.2) is 63.9 Å². The van der Waals surface area contributed by atoms with Crippen molar-refractivity contribution in [1.29, 1.82) is 0 Å². The number of nitro groups is 1. The quantitative estimate of drug-likeness (QED) is 0.200. The standard InChI is InChI=1S/C13H11N5O4/c19-11-7-3-1-5-9(11)14-16-13(18(21)22)17-15-10-6-2-4-8-12(10)20/h1-8,14,19-20H/b16-13+,17-15?. The Hall–Kier alpha value is -3.49. The molecule has 0 fully saturated rings. The lowest BCUT2D eigenvalue weighted by atomic mass is 10.3. The summed E-state index contributed by atoms with van der Waals surface area (Å²) in [5.41, 5.74) is 2.57. The van der Waals surface area contributed by atoms with Crippen molar-refractivity contribution in [2.75, 3.05) is 5.43 Å². The zero-order valence-electron chi connectivity index (χ0n) is 11.1. The molecule has 112 valence electrons. The minimum atomic E-state index is -0.851. The van der Waals surface area contributed by atoms with E-state index in [1.807, 2.05) is 0 Å². The maximum absolute atomic E-state index is 10.9. The lowest BCUT2D eigenvalue weighted by molar-refractivity contribution is -0.352. The summed E-state index contributed by atoms with van der Waals surface area (Å²) >= 11 is 0. The Labute approximate surface area is 124 Å². The molecule has 0 saturated carbocycles. The first-order chi connectivity index (χ1) is 10.6. The normalized spacial score (nSPS) is 11.5. The zero-order chi connectivity index (χ0) is 15.9. The van der Waals surface area contributed by atoms with Crippen LogP contribution in [0.4, 0.5) is 11.4 Å². The summed E-state index contributed by atoms with van der Waals surface area (Å²) in [7, 11) is 0. The smallest absolute Gasteiger partial charge is 0.506 e. The Balaban J connectivity index is 2.20. The van der Waals surface area contributed by atoms with E-state index in [1.54, 1.807) is 24.3 Å². The van der Waals surface area contributed by atoms with Crippen molar-refractivity contribution in [2.45, 2.75) is 0 Å². The molecule has 22 heavy (non-hydrogen) atoms. The largest absolute Gasteiger partial charge is 0.511 e. The van der Waals surface area contributed by atoms with Crippen molar-refractivity contribution in [3.63, 3.8) is 0 Å². The Bertz CT molecular complexity index is 745. The van der Waals surface area contributed by atoms with Crippen molar-refractivity contribution in [1.82, 2.24) is 0 Å². The number of benzene rings is 2. The fourth-order valence-corrected chi connectivity index (χ4v) is 1.43. The molecule has 9 nitrogen and oxygen atoms in total. The molecule has 0 aliphatic rings. The molecule has 9 heteroatoms. The monoisotopic (exact) mass is 301 g/mol. The second-order valence-corrected chi connectivity index (χ2v) is 3.99. The lowest BCUT2D eigenvalue weighted by Crippen LogP contribution is -2.10. The van der Waals surface area contributed by atoms with Crippen LogP contribution in [0.3, 0.4) is 0 Å². The number of hydrogen-bond donors (Lipinski definition) is 3. The summed E-state index contributed by atoms with van der Waals surface area (Å²) in [6, 6.07) is 12.1. The van der Waals surface area contributed by atoms with Crippen LogP contribution < -0.4 is 5.43 Å². The third-order valence-electron chi connectivity index (χ3n) is 2.47. The maximum Gasteiger partial charge on any atom is 0.511 e. The van der Waals surface area contributed by atoms with Crippen LogP contribution >= 0.6 is 0 Å². The van der Waals surface area contributed by atoms with Gasteiger partial charge in [-0.1, -0.05) is 29.4 Å². The molecule has 0 unspecified atom stereocenters. The van der Waals surface area contributed by atoms with Crippen LogP contribution in [0.1, 0.15) is 0 Å². The number of hydrazone groups is 1. The number of para-hydroxylation sites is 3. The summed E-state index contributed by atoms with van der Waals surface area (Å²) in [4.78, 5) is 10.0. The molecule has 0 heterocycles. The molecule has 2 rings (SSSR count). The van der Waals surface area contributed by atoms with Crippen molar-refractivity contribution in [3.8, 4) is 11.5 Å². The third-order valence-corrected chi connectivity index (χ3v) is 2.47. The second kappa shape index (κ2) is 6.79. The maximum atomic E-state index is 10.9. The number of anilines is 1. The van der Waals surface area contributed by atoms with E-state index in [0.717, 1.165) is 0 Å². The van der Waals surface area contributed by atoms with Crippen LogP contribution in [0, 0.1) is 10.1 Å². The van der Waals surface area contributed by atoms with E-state index >= 15 is 0 Å². The Morgan fingerprint density at radius 1 is 1.05 bits per heavy atom. The fraction of sp³-hybridized carbons (Fsp3) is 0. The van der Waals surface area contributed by atoms with Gasteiger partial charge < -0.3 is 20.3 Å². The van der Waals surface area contributed by atoms with E-state index in [2.05, 4.69) is 20.8 Å². The first-order valence-corrected chi connectivity index (χ1v) is 6.04. The number of azo groups is 1. The predicted octanol–water partition coefficient (Wildman–Crippen LogP) is 2.84. The lowest BCUT2D eigenvalue weighted by Gasteiger charge is -1.99. The molecule has 0 atom stereocenters. The summed E-state index contributed by atoms with van der Waals surface area (Å²) in [6.45, 7) is 0. The van der Waals surface area contributed by atoms with Crippen molar-refractivity contribution < 1.29 is 15.1 Å². The average molecular weight is 301 g/mol. The summed E-state index contributed by atoms with van der Waals surface area (Å²) in [6.07, 6.45) is 0. The molecular formula is C13H11N5O4. The average Bonchev–Trinajstić information content (AvgIpc) is 2.50.